The molecule has 0 aromatic rings. The lowest BCUT2D eigenvalue weighted by Gasteiger charge is -2.12. The number of urea groups is 1. The van der Waals surface area contributed by atoms with Crippen molar-refractivity contribution in [1.82, 2.24) is 10.6 Å². The average Bonchev–Trinajstić information content (AvgIpc) is 2.34. The van der Waals surface area contributed by atoms with Gasteiger partial charge in [0.2, 0.25) is 0 Å². The van der Waals surface area contributed by atoms with Crippen molar-refractivity contribution in [3.05, 3.63) is 0 Å². The maximum atomic E-state index is 11.3. The summed E-state index contributed by atoms with van der Waals surface area (Å²) in [6.07, 6.45) is 6.76. The number of rotatable bonds is 10. The first-order valence-electron chi connectivity index (χ1n) is 6.49. The molecular weight excluding hydrogens is 236 g/mol. The van der Waals surface area contributed by atoms with Crippen molar-refractivity contribution < 1.29 is 19.8 Å². The van der Waals surface area contributed by atoms with Gasteiger partial charge in [-0.05, 0) is 6.42 Å². The summed E-state index contributed by atoms with van der Waals surface area (Å²) in [6.45, 7) is 2.07. The van der Waals surface area contributed by atoms with E-state index in [2.05, 4.69) is 17.6 Å². The molecule has 0 aliphatic heterocycles. The maximum absolute atomic E-state index is 11.3. The van der Waals surface area contributed by atoms with E-state index in [1.165, 1.54) is 19.3 Å². The number of carbonyl (C=O) groups is 2. The number of aliphatic carboxylic acids is 1. The molecule has 0 spiro atoms. The summed E-state index contributed by atoms with van der Waals surface area (Å²) in [5, 5.41) is 22.1. The van der Waals surface area contributed by atoms with E-state index in [1.54, 1.807) is 0 Å². The smallest absolute Gasteiger partial charge is 0.328 e. The number of carboxylic acid groups (broad SMARTS) is 1. The topological polar surface area (TPSA) is 98.7 Å². The Bertz CT molecular complexity index is 246. The van der Waals surface area contributed by atoms with Crippen molar-refractivity contribution >= 4 is 12.0 Å². The summed E-state index contributed by atoms with van der Waals surface area (Å²) in [7, 11) is 0. The van der Waals surface area contributed by atoms with Crippen molar-refractivity contribution in [2.75, 3.05) is 13.2 Å². The van der Waals surface area contributed by atoms with E-state index in [-0.39, 0.29) is 0 Å². The molecule has 0 aliphatic rings. The summed E-state index contributed by atoms with van der Waals surface area (Å²) in [5.41, 5.74) is 0. The van der Waals surface area contributed by atoms with Crippen molar-refractivity contribution in [3.8, 4) is 0 Å². The van der Waals surface area contributed by atoms with E-state index >= 15 is 0 Å². The van der Waals surface area contributed by atoms with Crippen LogP contribution in [0.4, 0.5) is 4.79 Å². The Morgan fingerprint density at radius 2 is 1.72 bits per heavy atom. The number of carbonyl (C=O) groups excluding carboxylic acids is 1. The molecule has 0 saturated carbocycles. The van der Waals surface area contributed by atoms with Gasteiger partial charge in [0.1, 0.15) is 0 Å². The van der Waals surface area contributed by atoms with Gasteiger partial charge in [-0.3, -0.25) is 0 Å². The highest BCUT2D eigenvalue weighted by atomic mass is 16.4. The Morgan fingerprint density at radius 1 is 1.11 bits per heavy atom. The third kappa shape index (κ3) is 8.81. The van der Waals surface area contributed by atoms with E-state index in [0.717, 1.165) is 19.3 Å². The number of unbranched alkanes of at least 4 members (excludes halogenated alkanes) is 5. The van der Waals surface area contributed by atoms with Gasteiger partial charge >= 0.3 is 12.0 Å². The second kappa shape index (κ2) is 10.8. The molecule has 6 heteroatoms. The molecule has 0 aliphatic carbocycles. The van der Waals surface area contributed by atoms with Gasteiger partial charge in [0.05, 0.1) is 6.61 Å². The minimum absolute atomic E-state index is 0.524. The summed E-state index contributed by atoms with van der Waals surface area (Å²) < 4.78 is 0. The van der Waals surface area contributed by atoms with Crippen LogP contribution >= 0.6 is 0 Å². The molecule has 106 valence electrons. The van der Waals surface area contributed by atoms with Crippen LogP contribution in [0.15, 0.2) is 0 Å². The molecule has 0 aromatic heterocycles. The zero-order valence-corrected chi connectivity index (χ0v) is 10.9. The highest BCUT2D eigenvalue weighted by Gasteiger charge is 2.17. The molecule has 1 atom stereocenters. The molecule has 2 amide bonds. The zero-order chi connectivity index (χ0) is 13.8. The molecule has 0 aromatic carbocycles. The fourth-order valence-electron chi connectivity index (χ4n) is 1.50. The average molecular weight is 260 g/mol. The SMILES string of the molecule is CCCCCCCCNC(=O)NC(CO)C(=O)O. The van der Waals surface area contributed by atoms with E-state index in [4.69, 9.17) is 10.2 Å². The molecule has 0 fully saturated rings. The van der Waals surface area contributed by atoms with Crippen LogP contribution in [-0.2, 0) is 4.79 Å². The fraction of sp³-hybridized carbons (Fsp3) is 0.833. The van der Waals surface area contributed by atoms with E-state index in [0.29, 0.717) is 6.54 Å². The maximum Gasteiger partial charge on any atom is 0.328 e. The van der Waals surface area contributed by atoms with Gasteiger partial charge < -0.3 is 20.8 Å². The molecule has 6 nitrogen and oxygen atoms in total. The van der Waals surface area contributed by atoms with Gasteiger partial charge in [-0.2, -0.15) is 0 Å². The predicted octanol–water partition coefficient (Wildman–Crippen LogP) is 1.09. The van der Waals surface area contributed by atoms with Crippen LogP contribution < -0.4 is 10.6 Å². The zero-order valence-electron chi connectivity index (χ0n) is 10.9. The number of carboxylic acids is 1. The van der Waals surface area contributed by atoms with Crippen LogP contribution in [0.2, 0.25) is 0 Å². The van der Waals surface area contributed by atoms with E-state index in [9.17, 15) is 9.59 Å². The number of amides is 2. The first-order chi connectivity index (χ1) is 8.61. The molecule has 4 N–H and O–H groups in total. The molecule has 0 rings (SSSR count). The fourth-order valence-corrected chi connectivity index (χ4v) is 1.50. The van der Waals surface area contributed by atoms with Crippen molar-refractivity contribution in [1.29, 1.82) is 0 Å². The molecule has 1 unspecified atom stereocenters. The van der Waals surface area contributed by atoms with Gasteiger partial charge in [0.25, 0.3) is 0 Å². The second-order valence-electron chi connectivity index (χ2n) is 4.24. The molecule has 0 heterocycles. The van der Waals surface area contributed by atoms with Gasteiger partial charge in [0.15, 0.2) is 6.04 Å². The largest absolute Gasteiger partial charge is 0.480 e. The van der Waals surface area contributed by atoms with Gasteiger partial charge in [-0.1, -0.05) is 39.0 Å². The lowest BCUT2D eigenvalue weighted by molar-refractivity contribution is -0.140. The van der Waals surface area contributed by atoms with Crippen LogP contribution in [0.3, 0.4) is 0 Å². The van der Waals surface area contributed by atoms with Gasteiger partial charge in [-0.25, -0.2) is 9.59 Å². The second-order valence-corrected chi connectivity index (χ2v) is 4.24. The molecule has 0 saturated heterocycles. The number of hydrogen-bond acceptors (Lipinski definition) is 3. The third-order valence-electron chi connectivity index (χ3n) is 2.60. The van der Waals surface area contributed by atoms with Crippen LogP contribution in [0.5, 0.6) is 0 Å². The third-order valence-corrected chi connectivity index (χ3v) is 2.60. The highest BCUT2D eigenvalue weighted by Crippen LogP contribution is 2.03. The number of nitrogens with one attached hydrogen (secondary N) is 2. The van der Waals surface area contributed by atoms with Crippen LogP contribution in [0.1, 0.15) is 45.4 Å². The summed E-state index contributed by atoms with van der Waals surface area (Å²) >= 11 is 0. The highest BCUT2D eigenvalue weighted by molar-refractivity contribution is 5.82. The Balaban J connectivity index is 3.50. The standard InChI is InChI=1S/C12H24N2O4/c1-2-3-4-5-6-7-8-13-12(18)14-10(9-15)11(16)17/h10,15H,2-9H2,1H3,(H,16,17)(H2,13,14,18). The Kier molecular flexibility index (Phi) is 10.0. The van der Waals surface area contributed by atoms with Crippen LogP contribution in [-0.4, -0.2) is 41.4 Å². The lowest BCUT2D eigenvalue weighted by Crippen LogP contribution is -2.48. The molecule has 18 heavy (non-hydrogen) atoms. The number of aliphatic hydroxyl groups is 1. The van der Waals surface area contributed by atoms with Crippen LogP contribution in [0, 0.1) is 0 Å². The first kappa shape index (κ1) is 16.7. The normalized spacial score (nSPS) is 11.9. The monoisotopic (exact) mass is 260 g/mol. The number of hydrogen-bond donors (Lipinski definition) is 4. The Morgan fingerprint density at radius 3 is 2.28 bits per heavy atom. The van der Waals surface area contributed by atoms with Crippen molar-refractivity contribution in [2.24, 2.45) is 0 Å². The Hall–Kier alpha value is -1.30. The van der Waals surface area contributed by atoms with Gasteiger partial charge in [0, 0.05) is 6.54 Å². The van der Waals surface area contributed by atoms with E-state index < -0.39 is 24.6 Å². The number of aliphatic hydroxyl groups excluding tert-OH is 1. The van der Waals surface area contributed by atoms with Crippen LogP contribution in [0.25, 0.3) is 0 Å². The minimum Gasteiger partial charge on any atom is -0.480 e. The molecule has 0 radical (unpaired) electrons. The summed E-state index contributed by atoms with van der Waals surface area (Å²) in [4.78, 5) is 21.8. The lowest BCUT2D eigenvalue weighted by atomic mass is 10.1. The molecule has 0 bridgehead atoms. The Labute approximate surface area is 108 Å². The summed E-state index contributed by atoms with van der Waals surface area (Å²) in [5.74, 6) is -1.24. The van der Waals surface area contributed by atoms with E-state index in [1.807, 2.05) is 0 Å². The van der Waals surface area contributed by atoms with Gasteiger partial charge in [-0.15, -0.1) is 0 Å². The molecular formula is C12H24N2O4. The van der Waals surface area contributed by atoms with Crippen molar-refractivity contribution in [3.63, 3.8) is 0 Å². The minimum atomic E-state index is -1.24. The predicted molar refractivity (Wildman–Crippen MR) is 68.4 cm³/mol. The first-order valence-corrected chi connectivity index (χ1v) is 6.49. The summed E-state index contributed by atoms with van der Waals surface area (Å²) in [6, 6.07) is -1.79. The van der Waals surface area contributed by atoms with Crippen molar-refractivity contribution in [2.45, 2.75) is 51.5 Å². The quantitative estimate of drug-likeness (QED) is 0.442.